The van der Waals surface area contributed by atoms with Gasteiger partial charge in [-0.15, -0.1) is 0 Å². The van der Waals surface area contributed by atoms with Gasteiger partial charge < -0.3 is 10.1 Å². The number of nitro groups is 1. The molecule has 0 spiro atoms. The normalized spacial score (nSPS) is 10.3. The van der Waals surface area contributed by atoms with E-state index in [4.69, 9.17) is 4.74 Å². The van der Waals surface area contributed by atoms with Crippen LogP contribution in [0.4, 0.5) is 5.69 Å². The Morgan fingerprint density at radius 2 is 1.75 bits per heavy atom. The minimum Gasteiger partial charge on any atom is -0.489 e. The highest BCUT2D eigenvalue weighted by atomic mass is 16.6. The van der Waals surface area contributed by atoms with Gasteiger partial charge in [0, 0.05) is 29.8 Å². The number of rotatable bonds is 7. The van der Waals surface area contributed by atoms with Crippen LogP contribution < -0.4 is 10.1 Å². The van der Waals surface area contributed by atoms with Crippen molar-refractivity contribution in [1.29, 1.82) is 0 Å². The molecule has 1 amide bonds. The molecule has 0 atom stereocenters. The fourth-order valence-electron chi connectivity index (χ4n) is 2.73. The highest BCUT2D eigenvalue weighted by Crippen LogP contribution is 2.21. The summed E-state index contributed by atoms with van der Waals surface area (Å²) in [6, 6.07) is 21.2. The van der Waals surface area contributed by atoms with Crippen LogP contribution in [0, 0.1) is 17.0 Å². The van der Waals surface area contributed by atoms with E-state index in [-0.39, 0.29) is 11.6 Å². The van der Waals surface area contributed by atoms with Crippen molar-refractivity contribution in [1.82, 2.24) is 5.32 Å². The molecule has 0 bridgehead atoms. The molecular weight excluding hydrogens is 356 g/mol. The third-order valence-electron chi connectivity index (χ3n) is 4.23. The van der Waals surface area contributed by atoms with Crippen LogP contribution in [-0.2, 0) is 13.2 Å². The number of hydrogen-bond acceptors (Lipinski definition) is 4. The number of carbonyl (C=O) groups is 1. The van der Waals surface area contributed by atoms with Crippen molar-refractivity contribution < 1.29 is 14.5 Å². The summed E-state index contributed by atoms with van der Waals surface area (Å²) in [7, 11) is 0. The Morgan fingerprint density at radius 1 is 1.04 bits per heavy atom. The molecule has 0 aliphatic rings. The highest BCUT2D eigenvalue weighted by Gasteiger charge is 2.11. The lowest BCUT2D eigenvalue weighted by atomic mass is 10.1. The molecule has 3 aromatic carbocycles. The number of nitrogens with one attached hydrogen (secondary N) is 1. The van der Waals surface area contributed by atoms with Crippen LogP contribution >= 0.6 is 0 Å². The van der Waals surface area contributed by atoms with E-state index < -0.39 is 4.92 Å². The van der Waals surface area contributed by atoms with Crippen molar-refractivity contribution in [3.05, 3.63) is 105 Å². The third-order valence-corrected chi connectivity index (χ3v) is 4.23. The van der Waals surface area contributed by atoms with Crippen molar-refractivity contribution >= 4 is 11.6 Å². The van der Waals surface area contributed by atoms with E-state index >= 15 is 0 Å². The molecule has 142 valence electrons. The lowest BCUT2D eigenvalue weighted by Crippen LogP contribution is -2.23. The zero-order valence-corrected chi connectivity index (χ0v) is 15.4. The van der Waals surface area contributed by atoms with E-state index in [1.54, 1.807) is 0 Å². The van der Waals surface area contributed by atoms with E-state index in [0.29, 0.717) is 24.5 Å². The van der Waals surface area contributed by atoms with Crippen LogP contribution in [0.2, 0.25) is 0 Å². The quantitative estimate of drug-likeness (QED) is 0.489. The summed E-state index contributed by atoms with van der Waals surface area (Å²) >= 11 is 0. The van der Waals surface area contributed by atoms with Gasteiger partial charge in [-0.25, -0.2) is 0 Å². The minimum absolute atomic E-state index is 0.0492. The van der Waals surface area contributed by atoms with E-state index in [1.807, 2.05) is 55.5 Å². The Labute approximate surface area is 162 Å². The summed E-state index contributed by atoms with van der Waals surface area (Å²) in [6.45, 7) is 2.71. The number of amides is 1. The van der Waals surface area contributed by atoms with Gasteiger partial charge in [-0.3, -0.25) is 14.9 Å². The first-order valence-electron chi connectivity index (χ1n) is 8.82. The highest BCUT2D eigenvalue weighted by molar-refractivity contribution is 5.94. The van der Waals surface area contributed by atoms with Gasteiger partial charge in [0.15, 0.2) is 0 Å². The molecule has 6 nitrogen and oxygen atoms in total. The Kier molecular flexibility index (Phi) is 6.01. The summed E-state index contributed by atoms with van der Waals surface area (Å²) < 4.78 is 5.93. The summed E-state index contributed by atoms with van der Waals surface area (Å²) in [5, 5.41) is 13.6. The Balaban J connectivity index is 1.66. The molecule has 1 N–H and O–H groups in total. The van der Waals surface area contributed by atoms with Crippen molar-refractivity contribution in [2.75, 3.05) is 0 Å². The molecular formula is C22H20N2O4. The topological polar surface area (TPSA) is 81.5 Å². The van der Waals surface area contributed by atoms with Crippen LogP contribution in [0.3, 0.4) is 0 Å². The first-order chi connectivity index (χ1) is 13.5. The fraction of sp³-hybridized carbons (Fsp3) is 0.136. The number of aryl methyl sites for hydroxylation is 1. The number of non-ortho nitro benzene ring substituents is 1. The SMILES string of the molecule is Cc1ccc(OCc2ccccc2)c(CNC(=O)c2ccc([N+](=O)[O-])cc2)c1. The maximum atomic E-state index is 12.4. The summed E-state index contributed by atoms with van der Waals surface area (Å²) in [6.07, 6.45) is 0. The number of ether oxygens (including phenoxy) is 1. The molecule has 6 heteroatoms. The molecule has 0 aliphatic carbocycles. The van der Waals surface area contributed by atoms with Gasteiger partial charge >= 0.3 is 0 Å². The van der Waals surface area contributed by atoms with Crippen molar-refractivity contribution in [2.24, 2.45) is 0 Å². The minimum atomic E-state index is -0.495. The van der Waals surface area contributed by atoms with Crippen LogP contribution in [0.1, 0.15) is 27.0 Å². The predicted molar refractivity (Wildman–Crippen MR) is 106 cm³/mol. The van der Waals surface area contributed by atoms with Gasteiger partial charge in [0.1, 0.15) is 12.4 Å². The third kappa shape index (κ3) is 4.94. The largest absolute Gasteiger partial charge is 0.489 e. The standard InChI is InChI=1S/C22H20N2O4/c1-16-7-12-21(28-15-17-5-3-2-4-6-17)19(13-16)14-23-22(25)18-8-10-20(11-9-18)24(26)27/h2-13H,14-15H2,1H3,(H,23,25). The zero-order valence-electron chi connectivity index (χ0n) is 15.4. The zero-order chi connectivity index (χ0) is 19.9. The molecule has 3 aromatic rings. The second-order valence-corrected chi connectivity index (χ2v) is 6.37. The molecule has 0 saturated heterocycles. The summed E-state index contributed by atoms with van der Waals surface area (Å²) in [5.74, 6) is 0.406. The van der Waals surface area contributed by atoms with E-state index in [0.717, 1.165) is 16.7 Å². The molecule has 0 aliphatic heterocycles. The predicted octanol–water partition coefficient (Wildman–Crippen LogP) is 4.41. The Bertz CT molecular complexity index is 970. The first kappa shape index (κ1) is 19.1. The van der Waals surface area contributed by atoms with E-state index in [2.05, 4.69) is 5.32 Å². The molecule has 0 aromatic heterocycles. The maximum Gasteiger partial charge on any atom is 0.269 e. The first-order valence-corrected chi connectivity index (χ1v) is 8.82. The van der Waals surface area contributed by atoms with Crippen molar-refractivity contribution in [3.63, 3.8) is 0 Å². The number of carbonyl (C=O) groups excluding carboxylic acids is 1. The number of nitro benzene ring substituents is 1. The van der Waals surface area contributed by atoms with Crippen LogP contribution in [0.5, 0.6) is 5.75 Å². The van der Waals surface area contributed by atoms with Gasteiger partial charge in [-0.1, -0.05) is 48.0 Å². The van der Waals surface area contributed by atoms with E-state index in [9.17, 15) is 14.9 Å². The Morgan fingerprint density at radius 3 is 2.43 bits per heavy atom. The smallest absolute Gasteiger partial charge is 0.269 e. The van der Waals surface area contributed by atoms with Crippen LogP contribution in [0.15, 0.2) is 72.8 Å². The average molecular weight is 376 g/mol. The van der Waals surface area contributed by atoms with Gasteiger partial charge in [0.2, 0.25) is 0 Å². The molecule has 0 saturated carbocycles. The van der Waals surface area contributed by atoms with Gasteiger partial charge in [0.25, 0.3) is 11.6 Å². The van der Waals surface area contributed by atoms with Gasteiger partial charge in [-0.2, -0.15) is 0 Å². The summed E-state index contributed by atoms with van der Waals surface area (Å²) in [4.78, 5) is 22.6. The molecule has 0 fully saturated rings. The monoisotopic (exact) mass is 376 g/mol. The molecule has 3 rings (SSSR count). The molecule has 0 heterocycles. The Hall–Kier alpha value is -3.67. The second kappa shape index (κ2) is 8.81. The van der Waals surface area contributed by atoms with Crippen LogP contribution in [0.25, 0.3) is 0 Å². The lowest BCUT2D eigenvalue weighted by molar-refractivity contribution is -0.384. The van der Waals surface area contributed by atoms with Gasteiger partial charge in [-0.05, 0) is 30.7 Å². The van der Waals surface area contributed by atoms with Crippen molar-refractivity contribution in [2.45, 2.75) is 20.1 Å². The van der Waals surface area contributed by atoms with Gasteiger partial charge in [0.05, 0.1) is 4.92 Å². The average Bonchev–Trinajstić information content (AvgIpc) is 2.72. The molecule has 0 radical (unpaired) electrons. The maximum absolute atomic E-state index is 12.4. The number of nitrogens with zero attached hydrogens (tertiary/aromatic N) is 1. The molecule has 28 heavy (non-hydrogen) atoms. The second-order valence-electron chi connectivity index (χ2n) is 6.37. The van der Waals surface area contributed by atoms with Crippen molar-refractivity contribution in [3.8, 4) is 5.75 Å². The van der Waals surface area contributed by atoms with E-state index in [1.165, 1.54) is 24.3 Å². The van der Waals surface area contributed by atoms with Crippen LogP contribution in [-0.4, -0.2) is 10.8 Å². The summed E-state index contributed by atoms with van der Waals surface area (Å²) in [5.41, 5.74) is 3.30. The number of benzene rings is 3. The fourth-order valence-corrected chi connectivity index (χ4v) is 2.73. The molecule has 0 unspecified atom stereocenters. The lowest BCUT2D eigenvalue weighted by Gasteiger charge is -2.13. The number of hydrogen-bond donors (Lipinski definition) is 1.